The fourth-order valence-corrected chi connectivity index (χ4v) is 4.52. The van der Waals surface area contributed by atoms with Gasteiger partial charge in [-0.15, -0.1) is 0 Å². The molecule has 0 aliphatic carbocycles. The number of amides is 1. The number of carbonyl (C=O) groups excluding carboxylic acids is 1. The molecule has 3 rings (SSSR count). The summed E-state index contributed by atoms with van der Waals surface area (Å²) in [5.74, 6) is -0.502. The largest absolute Gasteiger partial charge is 0.314 e. The zero-order valence-electron chi connectivity index (χ0n) is 17.8. The third-order valence-electron chi connectivity index (χ3n) is 4.85. The summed E-state index contributed by atoms with van der Waals surface area (Å²) < 4.78 is 29.2. The number of nitrogens with zero attached hydrogens (tertiary/aromatic N) is 4. The molecule has 0 bridgehead atoms. The number of hydrogen-bond acceptors (Lipinski definition) is 6. The van der Waals surface area contributed by atoms with E-state index in [4.69, 9.17) is 23.2 Å². The molecular weight excluding hydrogens is 489 g/mol. The van der Waals surface area contributed by atoms with Crippen molar-refractivity contribution < 1.29 is 13.2 Å². The Balaban J connectivity index is 1.76. The number of aromatic nitrogens is 3. The van der Waals surface area contributed by atoms with E-state index in [0.717, 1.165) is 10.4 Å². The van der Waals surface area contributed by atoms with Crippen molar-refractivity contribution in [1.82, 2.24) is 19.5 Å². The molecule has 2 aromatic heterocycles. The minimum absolute atomic E-state index is 0.0114. The van der Waals surface area contributed by atoms with Crippen molar-refractivity contribution in [3.05, 3.63) is 80.4 Å². The lowest BCUT2D eigenvalue weighted by atomic mass is 10.2. The molecule has 2 heterocycles. The van der Waals surface area contributed by atoms with Gasteiger partial charge in [0.05, 0.1) is 16.1 Å². The van der Waals surface area contributed by atoms with Crippen LogP contribution in [0.1, 0.15) is 11.3 Å². The number of benzene rings is 1. The second-order valence-corrected chi connectivity index (χ2v) is 9.66. The smallest absolute Gasteiger partial charge is 0.287 e. The Morgan fingerprint density at radius 1 is 1.21 bits per heavy atom. The minimum Gasteiger partial charge on any atom is -0.314 e. The van der Waals surface area contributed by atoms with E-state index in [9.17, 15) is 18.0 Å². The van der Waals surface area contributed by atoms with Crippen molar-refractivity contribution in [2.75, 3.05) is 18.5 Å². The first-order valence-electron chi connectivity index (χ1n) is 9.78. The van der Waals surface area contributed by atoms with Crippen molar-refractivity contribution >= 4 is 44.8 Å². The van der Waals surface area contributed by atoms with E-state index in [1.807, 2.05) is 12.1 Å². The van der Waals surface area contributed by atoms with Crippen LogP contribution in [-0.2, 0) is 27.8 Å². The zero-order chi connectivity index (χ0) is 24.2. The number of anilines is 1. The highest BCUT2D eigenvalue weighted by Crippen LogP contribution is 2.23. The van der Waals surface area contributed by atoms with Gasteiger partial charge in [-0.25, -0.2) is 17.8 Å². The number of rotatable bonds is 8. The van der Waals surface area contributed by atoms with Gasteiger partial charge in [-0.3, -0.25) is 14.6 Å². The number of hydrogen-bond donors (Lipinski definition) is 1. The Hall–Kier alpha value is -2.79. The molecule has 9 nitrogen and oxygen atoms in total. The van der Waals surface area contributed by atoms with Gasteiger partial charge in [0.15, 0.2) is 0 Å². The third kappa shape index (κ3) is 5.97. The molecule has 33 heavy (non-hydrogen) atoms. The van der Waals surface area contributed by atoms with Gasteiger partial charge in [-0.1, -0.05) is 35.3 Å². The average Bonchev–Trinajstić information content (AvgIpc) is 2.79. The second kappa shape index (κ2) is 10.4. The average molecular weight is 510 g/mol. The lowest BCUT2D eigenvalue weighted by Gasteiger charge is -2.19. The molecule has 0 unspecified atom stereocenters. The molecule has 0 fully saturated rings. The first kappa shape index (κ1) is 24.8. The quantitative estimate of drug-likeness (QED) is 0.498. The lowest BCUT2D eigenvalue weighted by Crippen LogP contribution is -2.35. The second-order valence-electron chi connectivity index (χ2n) is 7.14. The van der Waals surface area contributed by atoms with Crippen molar-refractivity contribution in [3.63, 3.8) is 0 Å². The molecule has 0 aliphatic heterocycles. The molecule has 0 saturated carbocycles. The third-order valence-corrected chi connectivity index (χ3v) is 7.20. The van der Waals surface area contributed by atoms with Gasteiger partial charge < -0.3 is 4.90 Å². The van der Waals surface area contributed by atoms with Crippen LogP contribution in [0.15, 0.2) is 58.5 Å². The number of nitrogens with one attached hydrogen (secondary N) is 1. The first-order valence-corrected chi connectivity index (χ1v) is 12.0. The number of likely N-dealkylation sites (N-methyl/N-ethyl adjacent to an activating group) is 1. The van der Waals surface area contributed by atoms with Crippen LogP contribution in [0.4, 0.5) is 5.69 Å². The van der Waals surface area contributed by atoms with E-state index in [-0.39, 0.29) is 21.5 Å². The SMILES string of the molecule is Cc1ccc(N(C)C(=O)Cn2ncc(Cl)c(Cl)c2=O)cc1S(=O)(=O)NCCc1ccccn1. The molecule has 0 atom stereocenters. The number of sulfonamides is 1. The molecule has 1 amide bonds. The van der Waals surface area contributed by atoms with E-state index in [0.29, 0.717) is 17.7 Å². The number of carbonyl (C=O) groups is 1. The number of halogens is 2. The van der Waals surface area contributed by atoms with E-state index in [1.165, 1.54) is 24.2 Å². The van der Waals surface area contributed by atoms with Gasteiger partial charge in [-0.2, -0.15) is 5.10 Å². The summed E-state index contributed by atoms with van der Waals surface area (Å²) in [5, 5.41) is 3.57. The van der Waals surface area contributed by atoms with Gasteiger partial charge in [0.25, 0.3) is 5.56 Å². The zero-order valence-corrected chi connectivity index (χ0v) is 20.2. The molecule has 1 aromatic carbocycles. The topological polar surface area (TPSA) is 114 Å². The fourth-order valence-electron chi connectivity index (χ4n) is 2.96. The van der Waals surface area contributed by atoms with Crippen LogP contribution in [0.3, 0.4) is 0 Å². The Bertz CT molecular complexity index is 1330. The maximum absolute atomic E-state index is 12.9. The molecule has 0 saturated heterocycles. The standard InChI is InChI=1S/C21H21Cl2N5O4S/c1-14-6-7-16(27(2)19(29)13-28-21(30)20(23)17(22)12-25-28)11-18(14)33(31,32)26-10-8-15-5-3-4-9-24-15/h3-7,9,11-12,26H,8,10,13H2,1-2H3. The fraction of sp³-hybridized carbons (Fsp3) is 0.238. The minimum atomic E-state index is -3.83. The highest BCUT2D eigenvalue weighted by Gasteiger charge is 2.21. The molecule has 0 spiro atoms. The highest BCUT2D eigenvalue weighted by atomic mass is 35.5. The van der Waals surface area contributed by atoms with Crippen LogP contribution in [0.5, 0.6) is 0 Å². The first-order chi connectivity index (χ1) is 15.6. The summed E-state index contributed by atoms with van der Waals surface area (Å²) in [4.78, 5) is 30.3. The molecule has 174 valence electrons. The van der Waals surface area contributed by atoms with Gasteiger partial charge in [0.2, 0.25) is 15.9 Å². The van der Waals surface area contributed by atoms with Crippen molar-refractivity contribution in [1.29, 1.82) is 0 Å². The van der Waals surface area contributed by atoms with Gasteiger partial charge >= 0.3 is 0 Å². The summed E-state index contributed by atoms with van der Waals surface area (Å²) >= 11 is 11.6. The molecule has 3 aromatic rings. The Kier molecular flexibility index (Phi) is 7.85. The van der Waals surface area contributed by atoms with Crippen LogP contribution in [-0.4, -0.2) is 42.7 Å². The van der Waals surface area contributed by atoms with Crippen LogP contribution < -0.4 is 15.2 Å². The summed E-state index contributed by atoms with van der Waals surface area (Å²) in [6.07, 6.45) is 3.25. The van der Waals surface area contributed by atoms with Crippen molar-refractivity contribution in [2.45, 2.75) is 24.8 Å². The maximum atomic E-state index is 12.9. The molecule has 1 N–H and O–H groups in total. The summed E-state index contributed by atoms with van der Waals surface area (Å²) in [5.41, 5.74) is 0.925. The van der Waals surface area contributed by atoms with Gasteiger partial charge in [0.1, 0.15) is 11.6 Å². The normalized spacial score (nSPS) is 11.4. The van der Waals surface area contributed by atoms with E-state index >= 15 is 0 Å². The molecule has 0 radical (unpaired) electrons. The molecule has 0 aliphatic rings. The molecular formula is C21H21Cl2N5O4S. The Labute approximate surface area is 201 Å². The number of aryl methyl sites for hydroxylation is 1. The van der Waals surface area contributed by atoms with Gasteiger partial charge in [0, 0.05) is 37.6 Å². The predicted octanol–water partition coefficient (Wildman–Crippen LogP) is 2.44. The van der Waals surface area contributed by atoms with E-state index < -0.39 is 28.0 Å². The van der Waals surface area contributed by atoms with Crippen LogP contribution >= 0.6 is 23.2 Å². The number of pyridine rings is 1. The summed E-state index contributed by atoms with van der Waals surface area (Å²) in [7, 11) is -2.36. The summed E-state index contributed by atoms with van der Waals surface area (Å²) in [6, 6.07) is 10.1. The van der Waals surface area contributed by atoms with E-state index in [2.05, 4.69) is 14.8 Å². The molecule has 12 heteroatoms. The Morgan fingerprint density at radius 2 is 1.97 bits per heavy atom. The van der Waals surface area contributed by atoms with Crippen LogP contribution in [0.25, 0.3) is 0 Å². The van der Waals surface area contributed by atoms with Crippen LogP contribution in [0.2, 0.25) is 10.0 Å². The summed E-state index contributed by atoms with van der Waals surface area (Å²) in [6.45, 7) is 1.44. The van der Waals surface area contributed by atoms with Gasteiger partial charge in [-0.05, 0) is 36.8 Å². The van der Waals surface area contributed by atoms with Crippen molar-refractivity contribution in [3.8, 4) is 0 Å². The highest BCUT2D eigenvalue weighted by molar-refractivity contribution is 7.89. The predicted molar refractivity (Wildman–Crippen MR) is 126 cm³/mol. The Morgan fingerprint density at radius 3 is 2.67 bits per heavy atom. The van der Waals surface area contributed by atoms with Crippen LogP contribution in [0, 0.1) is 6.92 Å². The monoisotopic (exact) mass is 509 g/mol. The van der Waals surface area contributed by atoms with Crippen molar-refractivity contribution in [2.24, 2.45) is 0 Å². The maximum Gasteiger partial charge on any atom is 0.287 e. The van der Waals surface area contributed by atoms with E-state index in [1.54, 1.807) is 31.3 Å². The lowest BCUT2D eigenvalue weighted by molar-refractivity contribution is -0.119.